The minimum Gasteiger partial charge on any atom is -0.508 e. The fourth-order valence-electron chi connectivity index (χ4n) is 1.64. The molecule has 0 aliphatic heterocycles. The standard InChI is InChI=1S/C9H19.C6H6O.Na.H2O4S/c1-3-5-7-9-8-6-4-2;7-6-4-2-1-3-5-6;;1-5(2,3)4/h1,3-9H2,2H3;1-5,7H;;(H2,1,2,3,4). The maximum atomic E-state index is 8.74. The quantitative estimate of drug-likeness (QED) is 0.394. The van der Waals surface area contributed by atoms with E-state index in [1.165, 1.54) is 76.5 Å². The maximum Gasteiger partial charge on any atom is 0.394 e. The summed E-state index contributed by atoms with van der Waals surface area (Å²) in [7, 11) is -4.67. The van der Waals surface area contributed by atoms with Crippen LogP contribution in [0.2, 0.25) is 3.67 Å². The van der Waals surface area contributed by atoms with E-state index in [1.807, 2.05) is 6.07 Å². The van der Waals surface area contributed by atoms with E-state index in [9.17, 15) is 0 Å². The average Bonchev–Trinajstić information content (AvgIpc) is 2.43. The Morgan fingerprint density at radius 1 is 0.909 bits per heavy atom. The van der Waals surface area contributed by atoms with Gasteiger partial charge in [-0.25, -0.2) is 0 Å². The van der Waals surface area contributed by atoms with Gasteiger partial charge in [-0.15, -0.1) is 0 Å². The average molecular weight is 342 g/mol. The third kappa shape index (κ3) is 32.0. The summed E-state index contributed by atoms with van der Waals surface area (Å²) in [6.07, 6.45) is 10.3. The van der Waals surface area contributed by atoms with Crippen LogP contribution in [0.3, 0.4) is 0 Å². The van der Waals surface area contributed by atoms with Crippen LogP contribution in [-0.4, -0.2) is 50.6 Å². The summed E-state index contributed by atoms with van der Waals surface area (Å²) in [4.78, 5) is 0. The van der Waals surface area contributed by atoms with Crippen molar-refractivity contribution in [3.63, 3.8) is 0 Å². The first-order chi connectivity index (χ1) is 10.3. The Morgan fingerprint density at radius 2 is 1.32 bits per heavy atom. The fraction of sp³-hybridized carbons (Fsp3) is 0.600. The molecule has 0 bridgehead atoms. The van der Waals surface area contributed by atoms with E-state index in [1.54, 1.807) is 24.3 Å². The van der Waals surface area contributed by atoms with Crippen LogP contribution in [-0.2, 0) is 10.4 Å². The molecule has 7 heteroatoms. The second-order valence-electron chi connectivity index (χ2n) is 4.90. The molecule has 0 amide bonds. The number of hydrogen-bond donors (Lipinski definition) is 3. The number of unbranched alkanes of at least 4 members (excludes halogenated alkanes) is 6. The number of aromatic hydroxyl groups is 1. The molecule has 5 nitrogen and oxygen atoms in total. The van der Waals surface area contributed by atoms with E-state index in [0.717, 1.165) is 0 Å². The summed E-state index contributed by atoms with van der Waals surface area (Å²) >= 11 is 1.41. The molecule has 1 aromatic rings. The summed E-state index contributed by atoms with van der Waals surface area (Å²) in [5, 5.41) is 8.63. The molecular formula is C15H27NaO5S. The van der Waals surface area contributed by atoms with Gasteiger partial charge in [-0.05, 0) is 12.1 Å². The van der Waals surface area contributed by atoms with E-state index >= 15 is 0 Å². The third-order valence-corrected chi connectivity index (χ3v) is 3.42. The molecule has 0 spiro atoms. The summed E-state index contributed by atoms with van der Waals surface area (Å²) in [5.74, 6) is 0.322. The first-order valence-corrected chi connectivity index (χ1v) is 10.6. The molecule has 0 aliphatic rings. The maximum absolute atomic E-state index is 8.74. The van der Waals surface area contributed by atoms with Crippen molar-refractivity contribution in [3.8, 4) is 5.75 Å². The van der Waals surface area contributed by atoms with Crippen molar-refractivity contribution in [1.82, 2.24) is 0 Å². The van der Waals surface area contributed by atoms with Crippen molar-refractivity contribution in [1.29, 1.82) is 0 Å². The van der Waals surface area contributed by atoms with Crippen molar-refractivity contribution < 1.29 is 22.6 Å². The number of phenols is 1. The molecule has 0 fully saturated rings. The smallest absolute Gasteiger partial charge is 0.394 e. The van der Waals surface area contributed by atoms with E-state index in [4.69, 9.17) is 22.6 Å². The molecule has 0 heterocycles. The zero-order valence-corrected chi connectivity index (χ0v) is 16.4. The van der Waals surface area contributed by atoms with Gasteiger partial charge in [-0.3, -0.25) is 9.11 Å². The van der Waals surface area contributed by atoms with Gasteiger partial charge in [0.05, 0.1) is 0 Å². The van der Waals surface area contributed by atoms with Crippen LogP contribution in [0.15, 0.2) is 30.3 Å². The van der Waals surface area contributed by atoms with Gasteiger partial charge in [-0.2, -0.15) is 8.42 Å². The molecule has 0 aliphatic carbocycles. The second kappa shape index (κ2) is 17.2. The van der Waals surface area contributed by atoms with E-state index in [0.29, 0.717) is 5.75 Å². The topological polar surface area (TPSA) is 94.8 Å². The molecule has 0 atom stereocenters. The molecular weight excluding hydrogens is 315 g/mol. The van der Waals surface area contributed by atoms with Gasteiger partial charge in [0.25, 0.3) is 0 Å². The number of phenolic OH excluding ortho intramolecular Hbond substituents is 1. The van der Waals surface area contributed by atoms with Crippen LogP contribution in [0.4, 0.5) is 0 Å². The van der Waals surface area contributed by atoms with Gasteiger partial charge >= 0.3 is 93.9 Å². The van der Waals surface area contributed by atoms with Crippen LogP contribution in [0.25, 0.3) is 0 Å². The minimum absolute atomic E-state index is 0.322. The molecule has 0 aromatic heterocycles. The molecule has 124 valence electrons. The van der Waals surface area contributed by atoms with E-state index in [2.05, 4.69) is 6.92 Å². The fourth-order valence-corrected chi connectivity index (χ4v) is 2.14. The van der Waals surface area contributed by atoms with Crippen LogP contribution in [0, 0.1) is 0 Å². The van der Waals surface area contributed by atoms with E-state index in [-0.39, 0.29) is 0 Å². The summed E-state index contributed by atoms with van der Waals surface area (Å²) in [5.41, 5.74) is 0. The molecule has 1 rings (SSSR count). The predicted molar refractivity (Wildman–Crippen MR) is 90.8 cm³/mol. The second-order valence-corrected chi connectivity index (χ2v) is 6.80. The van der Waals surface area contributed by atoms with Gasteiger partial charge < -0.3 is 5.11 Å². The summed E-state index contributed by atoms with van der Waals surface area (Å²) in [6, 6.07) is 8.71. The van der Waals surface area contributed by atoms with Crippen LogP contribution in [0.1, 0.15) is 51.9 Å². The van der Waals surface area contributed by atoms with E-state index < -0.39 is 10.4 Å². The Hall–Kier alpha value is -0.110. The summed E-state index contributed by atoms with van der Waals surface area (Å²) < 4.78 is 33.1. The SMILES string of the molecule is CCCCCCCC[CH2][Na].O=S(=O)(O)O.Oc1ccccc1. The number of rotatable bonds is 7. The number of benzene rings is 1. The van der Waals surface area contributed by atoms with Crippen LogP contribution < -0.4 is 0 Å². The molecule has 0 radical (unpaired) electrons. The van der Waals surface area contributed by atoms with Gasteiger partial charge in [0.15, 0.2) is 0 Å². The first kappa shape index (κ1) is 24.1. The monoisotopic (exact) mass is 342 g/mol. The number of para-hydroxylation sites is 1. The van der Waals surface area contributed by atoms with Gasteiger partial charge in [-0.1, -0.05) is 18.2 Å². The van der Waals surface area contributed by atoms with Crippen LogP contribution in [0.5, 0.6) is 5.75 Å². The molecule has 22 heavy (non-hydrogen) atoms. The van der Waals surface area contributed by atoms with Gasteiger partial charge in [0, 0.05) is 0 Å². The molecule has 0 saturated heterocycles. The van der Waals surface area contributed by atoms with Gasteiger partial charge in [0.2, 0.25) is 0 Å². The predicted octanol–water partition coefficient (Wildman–Crippen LogP) is 4.06. The zero-order valence-electron chi connectivity index (χ0n) is 13.6. The Bertz CT molecular complexity index is 407. The normalized spacial score (nSPS) is 10.0. The zero-order chi connectivity index (χ0) is 17.3. The number of hydrogen-bond acceptors (Lipinski definition) is 3. The van der Waals surface area contributed by atoms with Crippen molar-refractivity contribution in [2.24, 2.45) is 0 Å². The largest absolute Gasteiger partial charge is 0.508 e. The van der Waals surface area contributed by atoms with Crippen LogP contribution >= 0.6 is 0 Å². The molecule has 0 unspecified atom stereocenters. The molecule has 1 aromatic carbocycles. The Balaban J connectivity index is 0. The van der Waals surface area contributed by atoms with Crippen molar-refractivity contribution in [3.05, 3.63) is 30.3 Å². The third-order valence-electron chi connectivity index (χ3n) is 2.71. The Labute approximate surface area is 152 Å². The Kier molecular flexibility index (Phi) is 18.9. The molecule has 0 saturated carbocycles. The minimum atomic E-state index is -4.67. The van der Waals surface area contributed by atoms with Crippen molar-refractivity contribution in [2.45, 2.75) is 55.5 Å². The van der Waals surface area contributed by atoms with Crippen molar-refractivity contribution >= 4 is 38.3 Å². The van der Waals surface area contributed by atoms with Crippen molar-refractivity contribution in [2.75, 3.05) is 0 Å². The molecule has 3 N–H and O–H groups in total. The summed E-state index contributed by atoms with van der Waals surface area (Å²) in [6.45, 7) is 2.28. The Morgan fingerprint density at radius 3 is 1.64 bits per heavy atom. The van der Waals surface area contributed by atoms with Gasteiger partial charge in [0.1, 0.15) is 5.75 Å². The first-order valence-electron chi connectivity index (χ1n) is 7.75.